The second kappa shape index (κ2) is 8.42. The van der Waals surface area contributed by atoms with Crippen LogP contribution in [0.15, 0.2) is 36.5 Å². The summed E-state index contributed by atoms with van der Waals surface area (Å²) >= 11 is 6.02. The van der Waals surface area contributed by atoms with Crippen LogP contribution in [0, 0.1) is 15.9 Å². The molecule has 6 nitrogen and oxygen atoms in total. The van der Waals surface area contributed by atoms with Crippen molar-refractivity contribution in [3.63, 3.8) is 0 Å². The van der Waals surface area contributed by atoms with E-state index < -0.39 is 4.92 Å². The van der Waals surface area contributed by atoms with Crippen LogP contribution >= 0.6 is 24.0 Å². The zero-order chi connectivity index (χ0) is 17.1. The van der Waals surface area contributed by atoms with Gasteiger partial charge in [0.25, 0.3) is 5.69 Å². The summed E-state index contributed by atoms with van der Waals surface area (Å²) in [5.74, 6) is 0.379. The average molecular weight is 387 g/mol. The van der Waals surface area contributed by atoms with Gasteiger partial charge in [0.2, 0.25) is 0 Å². The van der Waals surface area contributed by atoms with E-state index in [9.17, 15) is 14.5 Å². The highest BCUT2D eigenvalue weighted by atomic mass is 35.5. The SMILES string of the molecule is Cl.O=[N+]([O-])c1ccc(N2CCC(NCc3ccc(F)cc3Cl)C2)nc1. The van der Waals surface area contributed by atoms with Crippen molar-refractivity contribution in [3.8, 4) is 0 Å². The molecule has 1 aliphatic rings. The van der Waals surface area contributed by atoms with Crippen molar-refractivity contribution in [3.05, 3.63) is 63.0 Å². The summed E-state index contributed by atoms with van der Waals surface area (Å²) in [6.07, 6.45) is 2.20. The van der Waals surface area contributed by atoms with Crippen molar-refractivity contribution in [2.45, 2.75) is 19.0 Å². The van der Waals surface area contributed by atoms with E-state index in [2.05, 4.69) is 15.2 Å². The number of rotatable bonds is 5. The number of halogens is 3. The fourth-order valence-electron chi connectivity index (χ4n) is 2.73. The number of aromatic nitrogens is 1. The van der Waals surface area contributed by atoms with Gasteiger partial charge >= 0.3 is 0 Å². The number of nitrogens with one attached hydrogen (secondary N) is 1. The Kier molecular flexibility index (Phi) is 6.52. The lowest BCUT2D eigenvalue weighted by atomic mass is 10.2. The van der Waals surface area contributed by atoms with Crippen LogP contribution in [0.25, 0.3) is 0 Å². The van der Waals surface area contributed by atoms with Gasteiger partial charge in [-0.2, -0.15) is 0 Å². The third-order valence-electron chi connectivity index (χ3n) is 4.05. The van der Waals surface area contributed by atoms with Crippen LogP contribution in [0.2, 0.25) is 5.02 Å². The molecule has 1 aromatic carbocycles. The molecule has 1 aliphatic heterocycles. The molecule has 0 aliphatic carbocycles. The van der Waals surface area contributed by atoms with E-state index in [0.29, 0.717) is 11.6 Å². The van der Waals surface area contributed by atoms with Gasteiger partial charge in [-0.25, -0.2) is 9.37 Å². The smallest absolute Gasteiger partial charge is 0.287 e. The second-order valence-electron chi connectivity index (χ2n) is 5.68. The summed E-state index contributed by atoms with van der Waals surface area (Å²) in [6.45, 7) is 2.13. The molecule has 0 amide bonds. The Labute approximate surface area is 155 Å². The zero-order valence-corrected chi connectivity index (χ0v) is 14.8. The van der Waals surface area contributed by atoms with Crippen molar-refractivity contribution >= 4 is 35.5 Å². The number of hydrogen-bond donors (Lipinski definition) is 1. The van der Waals surface area contributed by atoms with Gasteiger partial charge in [0, 0.05) is 36.8 Å². The Hall–Kier alpha value is -1.96. The maximum atomic E-state index is 13.0. The highest BCUT2D eigenvalue weighted by molar-refractivity contribution is 6.31. The molecule has 2 heterocycles. The summed E-state index contributed by atoms with van der Waals surface area (Å²) in [5, 5.41) is 14.5. The van der Waals surface area contributed by atoms with Gasteiger partial charge < -0.3 is 10.2 Å². The summed E-state index contributed by atoms with van der Waals surface area (Å²) in [5.41, 5.74) is 0.837. The van der Waals surface area contributed by atoms with Gasteiger partial charge in [0.15, 0.2) is 0 Å². The highest BCUT2D eigenvalue weighted by Crippen LogP contribution is 2.21. The second-order valence-corrected chi connectivity index (χ2v) is 6.09. The molecule has 2 aromatic rings. The predicted molar refractivity (Wildman–Crippen MR) is 97.0 cm³/mol. The Bertz CT molecular complexity index is 745. The molecule has 1 N–H and O–H groups in total. The molecule has 1 fully saturated rings. The molecule has 1 saturated heterocycles. The maximum Gasteiger partial charge on any atom is 0.287 e. The van der Waals surface area contributed by atoms with E-state index in [-0.39, 0.29) is 30.0 Å². The van der Waals surface area contributed by atoms with E-state index in [1.165, 1.54) is 24.4 Å². The molecule has 25 heavy (non-hydrogen) atoms. The third-order valence-corrected chi connectivity index (χ3v) is 4.40. The van der Waals surface area contributed by atoms with E-state index in [1.807, 2.05) is 0 Å². The molecule has 0 bridgehead atoms. The van der Waals surface area contributed by atoms with Crippen molar-refractivity contribution in [2.75, 3.05) is 18.0 Å². The maximum absolute atomic E-state index is 13.0. The molecule has 1 aromatic heterocycles. The fourth-order valence-corrected chi connectivity index (χ4v) is 2.96. The molecule has 1 atom stereocenters. The van der Waals surface area contributed by atoms with Gasteiger partial charge in [0.1, 0.15) is 17.8 Å². The van der Waals surface area contributed by atoms with Crippen molar-refractivity contribution in [1.82, 2.24) is 10.3 Å². The first-order valence-electron chi connectivity index (χ1n) is 7.55. The molecule has 3 rings (SSSR count). The summed E-state index contributed by atoms with van der Waals surface area (Å²) < 4.78 is 13.0. The van der Waals surface area contributed by atoms with Crippen LogP contribution in [0.5, 0.6) is 0 Å². The minimum absolute atomic E-state index is 0. The Morgan fingerprint density at radius 2 is 2.20 bits per heavy atom. The highest BCUT2D eigenvalue weighted by Gasteiger charge is 2.23. The summed E-state index contributed by atoms with van der Waals surface area (Å²) in [7, 11) is 0. The minimum atomic E-state index is -0.461. The lowest BCUT2D eigenvalue weighted by molar-refractivity contribution is -0.385. The molecule has 0 spiro atoms. The van der Waals surface area contributed by atoms with E-state index in [4.69, 9.17) is 11.6 Å². The third kappa shape index (κ3) is 4.78. The number of pyridine rings is 1. The van der Waals surface area contributed by atoms with Crippen LogP contribution in [0.3, 0.4) is 0 Å². The molecule has 9 heteroatoms. The Morgan fingerprint density at radius 1 is 1.40 bits per heavy atom. The predicted octanol–water partition coefficient (Wildman–Crippen LogP) is 3.57. The summed E-state index contributed by atoms with van der Waals surface area (Å²) in [6, 6.07) is 7.75. The van der Waals surface area contributed by atoms with E-state index in [1.54, 1.807) is 12.1 Å². The van der Waals surface area contributed by atoms with Gasteiger partial charge in [-0.1, -0.05) is 17.7 Å². The molecule has 0 radical (unpaired) electrons. The van der Waals surface area contributed by atoms with E-state index >= 15 is 0 Å². The van der Waals surface area contributed by atoms with Crippen LogP contribution in [-0.4, -0.2) is 29.0 Å². The largest absolute Gasteiger partial charge is 0.355 e. The Morgan fingerprint density at radius 3 is 2.84 bits per heavy atom. The number of hydrogen-bond acceptors (Lipinski definition) is 5. The first-order chi connectivity index (χ1) is 11.5. The van der Waals surface area contributed by atoms with Crippen molar-refractivity contribution < 1.29 is 9.31 Å². The van der Waals surface area contributed by atoms with Crippen LogP contribution in [0.1, 0.15) is 12.0 Å². The first kappa shape index (κ1) is 19.4. The lowest BCUT2D eigenvalue weighted by Crippen LogP contribution is -2.32. The zero-order valence-electron chi connectivity index (χ0n) is 13.2. The van der Waals surface area contributed by atoms with Gasteiger partial charge in [-0.15, -0.1) is 12.4 Å². The molecular weight excluding hydrogens is 370 g/mol. The molecule has 1 unspecified atom stereocenters. The number of nitro groups is 1. The van der Waals surface area contributed by atoms with Crippen LogP contribution < -0.4 is 10.2 Å². The Balaban J connectivity index is 0.00000225. The van der Waals surface area contributed by atoms with Crippen LogP contribution in [0.4, 0.5) is 15.9 Å². The topological polar surface area (TPSA) is 71.3 Å². The average Bonchev–Trinajstić information content (AvgIpc) is 3.03. The first-order valence-corrected chi connectivity index (χ1v) is 7.93. The van der Waals surface area contributed by atoms with E-state index in [0.717, 1.165) is 30.9 Å². The van der Waals surface area contributed by atoms with Gasteiger partial charge in [0.05, 0.1) is 4.92 Å². The normalized spacial score (nSPS) is 16.6. The quantitative estimate of drug-likeness (QED) is 0.627. The molecular formula is C16H17Cl2FN4O2. The number of anilines is 1. The monoisotopic (exact) mass is 386 g/mol. The standard InChI is InChI=1S/C16H16ClFN4O2.ClH/c17-15-7-12(18)2-1-11(15)8-19-13-5-6-21(10-13)16-4-3-14(9-20-16)22(23)24;/h1-4,7,9,13,19H,5-6,8,10H2;1H. The van der Waals surface area contributed by atoms with Crippen molar-refractivity contribution in [1.29, 1.82) is 0 Å². The van der Waals surface area contributed by atoms with Crippen molar-refractivity contribution in [2.24, 2.45) is 0 Å². The lowest BCUT2D eigenvalue weighted by Gasteiger charge is -2.18. The minimum Gasteiger partial charge on any atom is -0.355 e. The summed E-state index contributed by atoms with van der Waals surface area (Å²) in [4.78, 5) is 16.4. The molecule has 0 saturated carbocycles. The van der Waals surface area contributed by atoms with Gasteiger partial charge in [-0.3, -0.25) is 10.1 Å². The van der Waals surface area contributed by atoms with Gasteiger partial charge in [-0.05, 0) is 30.2 Å². The number of nitrogens with zero attached hydrogens (tertiary/aromatic N) is 3. The van der Waals surface area contributed by atoms with Crippen LogP contribution in [-0.2, 0) is 6.54 Å². The number of benzene rings is 1. The molecule has 134 valence electrons. The fraction of sp³-hybridized carbons (Fsp3) is 0.312.